The van der Waals surface area contributed by atoms with Crippen molar-refractivity contribution < 1.29 is 26.4 Å². The number of alkyl halides is 3. The summed E-state index contributed by atoms with van der Waals surface area (Å²) < 4.78 is 49.9. The molecule has 0 saturated heterocycles. The molecule has 7 heteroatoms. The van der Waals surface area contributed by atoms with Crippen LogP contribution in [0.4, 0.5) is 13.2 Å². The van der Waals surface area contributed by atoms with Crippen LogP contribution in [0.15, 0.2) is 24.3 Å². The highest BCUT2D eigenvalue weighted by atomic mass is 32.2. The molecule has 0 aliphatic carbocycles. The van der Waals surface area contributed by atoms with Gasteiger partial charge in [0, 0.05) is 5.56 Å². The molecule has 0 saturated carbocycles. The van der Waals surface area contributed by atoms with E-state index in [0.717, 1.165) is 5.56 Å². The minimum absolute atomic E-state index is 0.217. The summed E-state index contributed by atoms with van der Waals surface area (Å²) in [4.78, 5) is 11.4. The lowest BCUT2D eigenvalue weighted by Gasteiger charge is -2.05. The van der Waals surface area contributed by atoms with E-state index in [1.807, 2.05) is 6.92 Å². The van der Waals surface area contributed by atoms with Crippen LogP contribution in [0.1, 0.15) is 15.9 Å². The van der Waals surface area contributed by atoms with E-state index in [0.29, 0.717) is 0 Å². The van der Waals surface area contributed by atoms with E-state index in [1.165, 1.54) is 12.1 Å². The van der Waals surface area contributed by atoms with Gasteiger partial charge in [-0.1, -0.05) is 29.8 Å². The topological polar surface area (TPSA) is 43.4 Å². The SMILES string of the molecule is Cc1ccc(C(=O)COS(=O)C(F)(F)F)cc1. The molecule has 0 heterocycles. The summed E-state index contributed by atoms with van der Waals surface area (Å²) in [5.41, 5.74) is -3.83. The quantitative estimate of drug-likeness (QED) is 0.786. The minimum atomic E-state index is -4.96. The normalized spacial score (nSPS) is 13.4. The maximum absolute atomic E-state index is 11.8. The van der Waals surface area contributed by atoms with Crippen LogP contribution in [-0.4, -0.2) is 22.1 Å². The first-order chi connectivity index (χ1) is 7.80. The third-order valence-corrected chi connectivity index (χ3v) is 2.57. The highest BCUT2D eigenvalue weighted by Gasteiger charge is 2.38. The van der Waals surface area contributed by atoms with Gasteiger partial charge >= 0.3 is 5.51 Å². The number of hydrogen-bond donors (Lipinski definition) is 0. The fourth-order valence-electron chi connectivity index (χ4n) is 0.997. The molecule has 0 N–H and O–H groups in total. The van der Waals surface area contributed by atoms with E-state index in [1.54, 1.807) is 12.1 Å². The highest BCUT2D eigenvalue weighted by molar-refractivity contribution is 7.81. The molecule has 0 aliphatic heterocycles. The number of rotatable bonds is 4. The Labute approximate surface area is 98.2 Å². The van der Waals surface area contributed by atoms with Crippen LogP contribution in [0.3, 0.4) is 0 Å². The Bertz CT molecular complexity index is 425. The summed E-state index contributed by atoms with van der Waals surface area (Å²) in [5.74, 6) is -0.650. The second-order valence-corrected chi connectivity index (χ2v) is 4.40. The largest absolute Gasteiger partial charge is 0.497 e. The van der Waals surface area contributed by atoms with Crippen LogP contribution in [0.2, 0.25) is 0 Å². The lowest BCUT2D eigenvalue weighted by Crippen LogP contribution is -2.21. The Morgan fingerprint density at radius 3 is 2.29 bits per heavy atom. The van der Waals surface area contributed by atoms with Crippen LogP contribution in [0.5, 0.6) is 0 Å². The number of Topliss-reactive ketones (excluding diaryl/α,β-unsaturated/α-hetero) is 1. The van der Waals surface area contributed by atoms with E-state index in [4.69, 9.17) is 0 Å². The van der Waals surface area contributed by atoms with Crippen molar-refractivity contribution in [3.63, 3.8) is 0 Å². The van der Waals surface area contributed by atoms with Crippen LogP contribution in [0.25, 0.3) is 0 Å². The van der Waals surface area contributed by atoms with E-state index in [-0.39, 0.29) is 5.56 Å². The average Bonchev–Trinajstić information content (AvgIpc) is 2.25. The van der Waals surface area contributed by atoms with Gasteiger partial charge in [-0.3, -0.25) is 8.98 Å². The molecule has 0 radical (unpaired) electrons. The van der Waals surface area contributed by atoms with Crippen LogP contribution >= 0.6 is 0 Å². The number of halogens is 3. The number of carbonyl (C=O) groups is 1. The van der Waals surface area contributed by atoms with Crippen molar-refractivity contribution in [2.24, 2.45) is 0 Å². The molecule has 0 aliphatic rings. The van der Waals surface area contributed by atoms with Crippen molar-refractivity contribution in [3.05, 3.63) is 35.4 Å². The molecule has 3 nitrogen and oxygen atoms in total. The van der Waals surface area contributed by atoms with Gasteiger partial charge in [0.05, 0.1) is 0 Å². The summed E-state index contributed by atoms with van der Waals surface area (Å²) in [6.45, 7) is 0.943. The van der Waals surface area contributed by atoms with Gasteiger partial charge in [0.2, 0.25) is 0 Å². The fourth-order valence-corrected chi connectivity index (χ4v) is 1.34. The molecule has 94 valence electrons. The number of benzene rings is 1. The molecule has 0 fully saturated rings. The average molecular weight is 266 g/mol. The van der Waals surface area contributed by atoms with Crippen molar-refractivity contribution >= 4 is 16.9 Å². The van der Waals surface area contributed by atoms with E-state index >= 15 is 0 Å². The van der Waals surface area contributed by atoms with Crippen molar-refractivity contribution in [1.29, 1.82) is 0 Å². The standard InChI is InChI=1S/C10H9F3O3S/c1-7-2-4-8(5-3-7)9(14)6-16-17(15)10(11,12)13/h2-5H,6H2,1H3. The zero-order valence-corrected chi connectivity index (χ0v) is 9.60. The molecule has 1 unspecified atom stereocenters. The number of aryl methyl sites for hydroxylation is 1. The molecule has 1 rings (SSSR count). The fraction of sp³-hybridized carbons (Fsp3) is 0.300. The molecule has 1 aromatic carbocycles. The van der Waals surface area contributed by atoms with Crippen molar-refractivity contribution in [2.75, 3.05) is 6.61 Å². The van der Waals surface area contributed by atoms with E-state index < -0.39 is 29.0 Å². The van der Waals surface area contributed by atoms with Gasteiger partial charge < -0.3 is 0 Å². The van der Waals surface area contributed by atoms with Crippen molar-refractivity contribution in [1.82, 2.24) is 0 Å². The van der Waals surface area contributed by atoms with Crippen molar-refractivity contribution in [2.45, 2.75) is 12.4 Å². The number of hydrogen-bond acceptors (Lipinski definition) is 3. The smallest absolute Gasteiger partial charge is 0.292 e. The molecular weight excluding hydrogens is 257 g/mol. The van der Waals surface area contributed by atoms with Gasteiger partial charge in [-0.25, -0.2) is 4.21 Å². The highest BCUT2D eigenvalue weighted by Crippen LogP contribution is 2.20. The molecule has 0 aromatic heterocycles. The summed E-state index contributed by atoms with van der Waals surface area (Å²) in [7, 11) is 0. The second-order valence-electron chi connectivity index (χ2n) is 3.23. The lowest BCUT2D eigenvalue weighted by atomic mass is 10.1. The van der Waals surface area contributed by atoms with Gasteiger partial charge in [0.1, 0.15) is 6.61 Å². The first-order valence-electron chi connectivity index (χ1n) is 4.52. The Kier molecular flexibility index (Phi) is 4.41. The van der Waals surface area contributed by atoms with Crippen LogP contribution in [-0.2, 0) is 15.3 Å². The monoisotopic (exact) mass is 266 g/mol. The maximum atomic E-state index is 11.8. The molecule has 1 atom stereocenters. The summed E-state index contributed by atoms with van der Waals surface area (Å²) >= 11 is -3.46. The van der Waals surface area contributed by atoms with Gasteiger partial charge in [-0.2, -0.15) is 13.2 Å². The summed E-state index contributed by atoms with van der Waals surface area (Å²) in [6.07, 6.45) is 0. The maximum Gasteiger partial charge on any atom is 0.497 e. The summed E-state index contributed by atoms with van der Waals surface area (Å²) in [6, 6.07) is 6.23. The number of carbonyl (C=O) groups excluding carboxylic acids is 1. The zero-order valence-electron chi connectivity index (χ0n) is 8.78. The van der Waals surface area contributed by atoms with Gasteiger partial charge in [0.15, 0.2) is 5.78 Å². The van der Waals surface area contributed by atoms with Gasteiger partial charge in [-0.15, -0.1) is 0 Å². The Morgan fingerprint density at radius 1 is 1.29 bits per heavy atom. The minimum Gasteiger partial charge on any atom is -0.292 e. The molecule has 0 spiro atoms. The molecule has 1 aromatic rings. The Morgan fingerprint density at radius 2 is 1.82 bits per heavy atom. The first-order valence-corrected chi connectivity index (χ1v) is 5.60. The predicted molar refractivity (Wildman–Crippen MR) is 55.7 cm³/mol. The summed E-state index contributed by atoms with van der Waals surface area (Å²) in [5, 5.41) is 0. The van der Waals surface area contributed by atoms with Crippen LogP contribution in [0, 0.1) is 6.92 Å². The first kappa shape index (κ1) is 13.9. The third kappa shape index (κ3) is 4.27. The Hall–Kier alpha value is -1.21. The Balaban J connectivity index is 2.56. The van der Waals surface area contributed by atoms with E-state index in [9.17, 15) is 22.2 Å². The zero-order chi connectivity index (χ0) is 13.1. The number of ketones is 1. The third-order valence-electron chi connectivity index (χ3n) is 1.86. The molecule has 17 heavy (non-hydrogen) atoms. The van der Waals surface area contributed by atoms with Gasteiger partial charge in [-0.05, 0) is 6.92 Å². The predicted octanol–water partition coefficient (Wildman–Crippen LogP) is 2.38. The molecular formula is C10H9F3O3S. The molecule has 0 amide bonds. The van der Waals surface area contributed by atoms with Gasteiger partial charge in [0.25, 0.3) is 11.1 Å². The lowest BCUT2D eigenvalue weighted by molar-refractivity contribution is -0.0467. The van der Waals surface area contributed by atoms with Crippen molar-refractivity contribution in [3.8, 4) is 0 Å². The van der Waals surface area contributed by atoms with E-state index in [2.05, 4.69) is 4.18 Å². The molecule has 0 bridgehead atoms. The second kappa shape index (κ2) is 5.42. The van der Waals surface area contributed by atoms with Crippen LogP contribution < -0.4 is 0 Å².